The Morgan fingerprint density at radius 1 is 1.04 bits per heavy atom. The van der Waals surface area contributed by atoms with Gasteiger partial charge in [-0.05, 0) is 72.0 Å². The first-order valence-electron chi connectivity index (χ1n) is 15.9. The number of hydrogen-bond donors (Lipinski definition) is 2. The lowest BCUT2D eigenvalue weighted by atomic mass is 9.79. The maximum Gasteiger partial charge on any atom is 0.243 e. The molecule has 0 amide bonds. The SMILES string of the molecule is CCCCCC(C)(C)c1cc(Oc2cccc(S(=O)(=O)N(CC)CC)c2)c2cc3c(cc2c1)C(N)N=C3N.ClC1=CCCC=C1. The van der Waals surface area contributed by atoms with Gasteiger partial charge in [0.1, 0.15) is 23.5 Å². The Balaban J connectivity index is 0.000000580. The van der Waals surface area contributed by atoms with Gasteiger partial charge in [-0.1, -0.05) is 89.8 Å². The molecule has 0 radical (unpaired) electrons. The van der Waals surface area contributed by atoms with Crippen LogP contribution in [0.3, 0.4) is 0 Å². The van der Waals surface area contributed by atoms with Gasteiger partial charge in [0.15, 0.2) is 0 Å². The van der Waals surface area contributed by atoms with Crippen LogP contribution in [0, 0.1) is 0 Å². The monoisotopic (exact) mass is 650 g/mol. The topological polar surface area (TPSA) is 111 Å². The first-order chi connectivity index (χ1) is 21.4. The zero-order chi connectivity index (χ0) is 32.8. The number of aliphatic imine (C=N–C) groups is 1. The molecule has 0 fully saturated rings. The molecule has 1 aliphatic carbocycles. The molecule has 1 unspecified atom stereocenters. The first-order valence-corrected chi connectivity index (χ1v) is 17.7. The lowest BCUT2D eigenvalue weighted by Gasteiger charge is -2.27. The highest BCUT2D eigenvalue weighted by Gasteiger charge is 2.26. The van der Waals surface area contributed by atoms with E-state index >= 15 is 0 Å². The molecule has 0 bridgehead atoms. The van der Waals surface area contributed by atoms with Crippen molar-refractivity contribution in [1.29, 1.82) is 0 Å². The predicted octanol–water partition coefficient (Wildman–Crippen LogP) is 8.66. The number of nitrogens with two attached hydrogens (primary N) is 2. The van der Waals surface area contributed by atoms with E-state index in [1.54, 1.807) is 24.3 Å². The maximum absolute atomic E-state index is 13.1. The predicted molar refractivity (Wildman–Crippen MR) is 188 cm³/mol. The minimum absolute atomic E-state index is 0.0773. The van der Waals surface area contributed by atoms with Crippen LogP contribution in [0.15, 0.2) is 81.7 Å². The molecule has 3 aromatic carbocycles. The molecule has 45 heavy (non-hydrogen) atoms. The van der Waals surface area contributed by atoms with Crippen molar-refractivity contribution in [3.05, 3.63) is 88.5 Å². The summed E-state index contributed by atoms with van der Waals surface area (Å²) < 4.78 is 34.2. The Hall–Kier alpha value is -3.17. The number of amidine groups is 1. The Morgan fingerprint density at radius 3 is 2.42 bits per heavy atom. The van der Waals surface area contributed by atoms with E-state index in [4.69, 9.17) is 27.8 Å². The zero-order valence-electron chi connectivity index (χ0n) is 27.1. The van der Waals surface area contributed by atoms with Crippen LogP contribution in [0.25, 0.3) is 10.8 Å². The molecule has 4 N–H and O–H groups in total. The van der Waals surface area contributed by atoms with Crippen molar-refractivity contribution < 1.29 is 13.2 Å². The van der Waals surface area contributed by atoms with Crippen LogP contribution in [-0.2, 0) is 15.4 Å². The van der Waals surface area contributed by atoms with Crippen molar-refractivity contribution >= 4 is 38.2 Å². The average molecular weight is 651 g/mol. The largest absolute Gasteiger partial charge is 0.457 e. The number of allylic oxidation sites excluding steroid dienone is 4. The summed E-state index contributed by atoms with van der Waals surface area (Å²) in [6.45, 7) is 11.2. The van der Waals surface area contributed by atoms with E-state index in [0.717, 1.165) is 58.2 Å². The van der Waals surface area contributed by atoms with Gasteiger partial charge in [0.25, 0.3) is 0 Å². The third-order valence-electron chi connectivity index (χ3n) is 8.47. The molecule has 242 valence electrons. The van der Waals surface area contributed by atoms with Gasteiger partial charge in [-0.25, -0.2) is 13.4 Å². The fraction of sp³-hybridized carbons (Fsp3) is 0.417. The highest BCUT2D eigenvalue weighted by molar-refractivity contribution is 7.89. The Kier molecular flexibility index (Phi) is 11.5. The van der Waals surface area contributed by atoms with E-state index in [1.165, 1.54) is 17.1 Å². The molecule has 5 rings (SSSR count). The van der Waals surface area contributed by atoms with E-state index in [9.17, 15) is 8.42 Å². The number of rotatable bonds is 11. The summed E-state index contributed by atoms with van der Waals surface area (Å²) in [6, 6.07) is 15.0. The first kappa shape index (κ1) is 34.7. The number of unbranched alkanes of at least 4 members (excludes halogenated alkanes) is 2. The van der Waals surface area contributed by atoms with Crippen molar-refractivity contribution in [2.45, 2.75) is 89.6 Å². The Morgan fingerprint density at radius 2 is 1.80 bits per heavy atom. The third-order valence-corrected chi connectivity index (χ3v) is 10.8. The normalized spacial score (nSPS) is 16.2. The maximum atomic E-state index is 13.1. The Bertz CT molecular complexity index is 1710. The van der Waals surface area contributed by atoms with Crippen LogP contribution >= 0.6 is 11.6 Å². The number of ether oxygens (including phenoxy) is 1. The lowest BCUT2D eigenvalue weighted by Crippen LogP contribution is -2.30. The average Bonchev–Trinajstić information content (AvgIpc) is 3.29. The second kappa shape index (κ2) is 14.9. The van der Waals surface area contributed by atoms with Crippen LogP contribution in [0.1, 0.15) is 96.0 Å². The highest BCUT2D eigenvalue weighted by atomic mass is 35.5. The summed E-state index contributed by atoms with van der Waals surface area (Å²) in [5, 5.41) is 2.75. The van der Waals surface area contributed by atoms with Gasteiger partial charge in [0.2, 0.25) is 10.0 Å². The van der Waals surface area contributed by atoms with Crippen molar-refractivity contribution in [3.8, 4) is 11.5 Å². The number of halogens is 1. The standard InChI is InChI=1S/C30H40N4O3S.C6H7Cl/c1-6-9-10-14-30(4,5)21-15-20-16-25-26(29(32)33-28(25)31)19-24(20)27(17-21)37-22-12-11-13-23(18-22)38(35,36)34(7-2)8-3;7-6-4-2-1-3-5-6/h11-13,15-19,28H,6-10,14,31H2,1-5H3,(H2,32,33);2,4-5H,1,3H2. The van der Waals surface area contributed by atoms with Gasteiger partial charge in [-0.3, -0.25) is 0 Å². The van der Waals surface area contributed by atoms with E-state index in [0.29, 0.717) is 30.4 Å². The molecule has 9 heteroatoms. The summed E-state index contributed by atoms with van der Waals surface area (Å²) >= 11 is 5.59. The van der Waals surface area contributed by atoms with Crippen molar-refractivity contribution in [2.24, 2.45) is 16.5 Å². The molecule has 2 aliphatic rings. The minimum atomic E-state index is -3.62. The van der Waals surface area contributed by atoms with Gasteiger partial charge in [0.05, 0.1) is 4.90 Å². The molecule has 0 aromatic heterocycles. The quantitative estimate of drug-likeness (QED) is 0.202. The van der Waals surface area contributed by atoms with Crippen LogP contribution < -0.4 is 16.2 Å². The highest BCUT2D eigenvalue weighted by Crippen LogP contribution is 2.41. The zero-order valence-corrected chi connectivity index (χ0v) is 28.7. The van der Waals surface area contributed by atoms with E-state index in [-0.39, 0.29) is 10.3 Å². The fourth-order valence-electron chi connectivity index (χ4n) is 5.71. The smallest absolute Gasteiger partial charge is 0.243 e. The van der Waals surface area contributed by atoms with E-state index in [2.05, 4.69) is 50.0 Å². The van der Waals surface area contributed by atoms with Crippen LogP contribution in [-0.4, -0.2) is 31.6 Å². The molecule has 1 heterocycles. The summed E-state index contributed by atoms with van der Waals surface area (Å²) in [5.41, 5.74) is 15.2. The van der Waals surface area contributed by atoms with Crippen molar-refractivity contribution in [2.75, 3.05) is 13.1 Å². The van der Waals surface area contributed by atoms with Crippen LogP contribution in [0.4, 0.5) is 0 Å². The summed E-state index contributed by atoms with van der Waals surface area (Å²) in [7, 11) is -3.62. The van der Waals surface area contributed by atoms with Crippen LogP contribution in [0.5, 0.6) is 11.5 Å². The number of sulfonamides is 1. The van der Waals surface area contributed by atoms with E-state index in [1.807, 2.05) is 32.1 Å². The number of fused-ring (bicyclic) bond motifs is 2. The Labute approximate surface area is 274 Å². The summed E-state index contributed by atoms with van der Waals surface area (Å²) in [5.74, 6) is 1.52. The number of hydrogen-bond acceptors (Lipinski definition) is 6. The molecular formula is C36H47ClN4O3S. The molecule has 0 saturated carbocycles. The van der Waals surface area contributed by atoms with Gasteiger partial charge in [-0.2, -0.15) is 4.31 Å². The van der Waals surface area contributed by atoms with Crippen molar-refractivity contribution in [1.82, 2.24) is 4.31 Å². The van der Waals surface area contributed by atoms with Gasteiger partial charge in [-0.15, -0.1) is 0 Å². The minimum Gasteiger partial charge on any atom is -0.457 e. The third kappa shape index (κ3) is 8.17. The molecule has 0 spiro atoms. The summed E-state index contributed by atoms with van der Waals surface area (Å²) in [4.78, 5) is 4.56. The molecule has 7 nitrogen and oxygen atoms in total. The van der Waals surface area contributed by atoms with E-state index < -0.39 is 16.2 Å². The molecular weight excluding hydrogens is 604 g/mol. The lowest BCUT2D eigenvalue weighted by molar-refractivity contribution is 0.441. The molecule has 0 saturated heterocycles. The number of benzene rings is 3. The second-order valence-corrected chi connectivity index (χ2v) is 14.5. The number of nitrogens with zero attached hydrogens (tertiary/aromatic N) is 2. The van der Waals surface area contributed by atoms with Crippen LogP contribution in [0.2, 0.25) is 0 Å². The molecule has 3 aromatic rings. The second-order valence-electron chi connectivity index (χ2n) is 12.2. The van der Waals surface area contributed by atoms with Gasteiger partial charge >= 0.3 is 0 Å². The summed E-state index contributed by atoms with van der Waals surface area (Å²) in [6.07, 6.45) is 12.4. The molecule has 1 atom stereocenters. The van der Waals surface area contributed by atoms with Crippen molar-refractivity contribution in [3.63, 3.8) is 0 Å². The van der Waals surface area contributed by atoms with Gasteiger partial charge in [0, 0.05) is 40.7 Å². The fourth-order valence-corrected chi connectivity index (χ4v) is 7.40. The molecule has 1 aliphatic heterocycles. The van der Waals surface area contributed by atoms with Gasteiger partial charge < -0.3 is 16.2 Å².